The molecule has 0 amide bonds. The van der Waals surface area contributed by atoms with Crippen molar-refractivity contribution in [2.24, 2.45) is 15.2 Å². The molecule has 0 unspecified atom stereocenters. The van der Waals surface area contributed by atoms with Crippen LogP contribution in [0.4, 0.5) is 17.1 Å². The summed E-state index contributed by atoms with van der Waals surface area (Å²) in [6.45, 7) is 0. The number of ketones is 1. The van der Waals surface area contributed by atoms with Gasteiger partial charge in [0.15, 0.2) is 5.78 Å². The molecule has 2 aliphatic carbocycles. The number of carbonyl (C=O) groups excluding carboxylic acids is 1. The number of hydrogen-bond acceptors (Lipinski definition) is 9. The summed E-state index contributed by atoms with van der Waals surface area (Å²) in [5.41, 5.74) is 1.37. The average molecular weight is 517 g/mol. The van der Waals surface area contributed by atoms with Gasteiger partial charge in [0.1, 0.15) is 17.1 Å². The molecule has 13 heteroatoms. The number of fused-ring (bicyclic) bond motifs is 1. The topological polar surface area (TPSA) is 167 Å². The number of nitrogens with zero attached hydrogens (tertiary/aromatic N) is 4. The Kier molecular flexibility index (Phi) is 8.66. The third-order valence-corrected chi connectivity index (χ3v) is 5.81. The monoisotopic (exact) mass is 517 g/mol. The van der Waals surface area contributed by atoms with Crippen molar-refractivity contribution in [1.82, 2.24) is 0 Å². The number of azo groups is 1. The Morgan fingerprint density at radius 2 is 1.75 bits per heavy atom. The van der Waals surface area contributed by atoms with Crippen LogP contribution in [0.25, 0.3) is 0 Å². The van der Waals surface area contributed by atoms with Crippen molar-refractivity contribution >= 4 is 39.1 Å². The van der Waals surface area contributed by atoms with Gasteiger partial charge in [0, 0.05) is 18.2 Å². The Morgan fingerprint density at radius 3 is 2.39 bits per heavy atom. The Balaban J connectivity index is 0.00000361. The number of carbonyl (C=O) groups is 1. The SMILES string of the molecule is COc1cc(N([O-])O)ccc1N=NC1=C2C(=O)C=C([S+](=O)(O)O)C=C2C=CC1=Nc1ccccc1.[Na+]. The largest absolute Gasteiger partial charge is 1.00 e. The molecule has 0 saturated carbocycles. The zero-order chi connectivity index (χ0) is 25.2. The molecule has 2 aromatic rings. The van der Waals surface area contributed by atoms with E-state index in [9.17, 15) is 23.3 Å². The van der Waals surface area contributed by atoms with Crippen molar-refractivity contribution < 1.29 is 57.6 Å². The molecule has 4 rings (SSSR count). The number of rotatable bonds is 6. The zero-order valence-corrected chi connectivity index (χ0v) is 21.9. The second-order valence-electron chi connectivity index (χ2n) is 7.23. The zero-order valence-electron chi connectivity index (χ0n) is 19.1. The quantitative estimate of drug-likeness (QED) is 0.226. The van der Waals surface area contributed by atoms with E-state index in [4.69, 9.17) is 9.94 Å². The molecule has 3 N–H and O–H groups in total. The standard InChI is InChI=1S/C23H18N4O7S.Na/c1-34-21-12-16(27(29)30)8-10-18(21)25-26-23-19(24-15-5-3-2-4-6-15)9-7-14-11-17(35(31,32)33)13-20(28)22(14)23;/h2-13,29H,1H3,(H2,31,32,33);/q;+1. The summed E-state index contributed by atoms with van der Waals surface area (Å²) < 4.78 is 35.9. The van der Waals surface area contributed by atoms with E-state index >= 15 is 0 Å². The predicted octanol–water partition coefficient (Wildman–Crippen LogP) is 1.91. The summed E-state index contributed by atoms with van der Waals surface area (Å²) in [5.74, 6) is -0.537. The maximum Gasteiger partial charge on any atom is 1.00 e. The summed E-state index contributed by atoms with van der Waals surface area (Å²) in [7, 11) is -3.01. The second kappa shape index (κ2) is 11.3. The number of methoxy groups -OCH3 is 1. The van der Waals surface area contributed by atoms with Gasteiger partial charge in [-0.25, -0.2) is 4.99 Å². The molecule has 0 saturated heterocycles. The molecular formula is C23H18N4NaO7S+. The molecule has 36 heavy (non-hydrogen) atoms. The van der Waals surface area contributed by atoms with Crippen LogP contribution < -0.4 is 39.5 Å². The van der Waals surface area contributed by atoms with Crippen LogP contribution in [0, 0.1) is 5.21 Å². The van der Waals surface area contributed by atoms with E-state index in [0.29, 0.717) is 11.4 Å². The molecule has 2 aliphatic rings. The van der Waals surface area contributed by atoms with Crippen molar-refractivity contribution in [2.45, 2.75) is 0 Å². The Hall–Kier alpha value is -3.07. The average Bonchev–Trinajstić information content (AvgIpc) is 2.83. The van der Waals surface area contributed by atoms with Crippen molar-refractivity contribution in [3.05, 3.63) is 99.8 Å². The summed E-state index contributed by atoms with van der Waals surface area (Å²) >= 11 is 0. The Morgan fingerprint density at radius 1 is 1.03 bits per heavy atom. The van der Waals surface area contributed by atoms with Gasteiger partial charge in [-0.15, -0.1) is 10.2 Å². The van der Waals surface area contributed by atoms with Crippen LogP contribution in [0.1, 0.15) is 0 Å². The van der Waals surface area contributed by atoms with Crippen LogP contribution in [-0.2, 0) is 19.5 Å². The summed E-state index contributed by atoms with van der Waals surface area (Å²) in [4.78, 5) is 17.0. The second-order valence-corrected chi connectivity index (χ2v) is 8.69. The number of benzene rings is 2. The van der Waals surface area contributed by atoms with Gasteiger partial charge >= 0.3 is 40.1 Å². The van der Waals surface area contributed by atoms with E-state index in [1.54, 1.807) is 30.3 Å². The molecule has 0 atom stereocenters. The molecule has 11 nitrogen and oxygen atoms in total. The first kappa shape index (κ1) is 27.5. The van der Waals surface area contributed by atoms with Crippen LogP contribution in [-0.4, -0.2) is 32.9 Å². The summed E-state index contributed by atoms with van der Waals surface area (Å²) in [5, 5.41) is 28.3. The number of anilines is 1. The molecule has 0 radical (unpaired) electrons. The first-order valence-corrected chi connectivity index (χ1v) is 11.4. The maximum absolute atomic E-state index is 12.9. The molecule has 0 aliphatic heterocycles. The van der Waals surface area contributed by atoms with E-state index in [2.05, 4.69) is 15.2 Å². The van der Waals surface area contributed by atoms with Crippen LogP contribution in [0.2, 0.25) is 0 Å². The van der Waals surface area contributed by atoms with Crippen LogP contribution in [0.5, 0.6) is 5.75 Å². The van der Waals surface area contributed by atoms with Gasteiger partial charge in [-0.1, -0.05) is 24.3 Å². The van der Waals surface area contributed by atoms with Gasteiger partial charge in [0.2, 0.25) is 4.91 Å². The summed E-state index contributed by atoms with van der Waals surface area (Å²) in [6, 6.07) is 12.9. The minimum Gasteiger partial charge on any atom is -0.733 e. The van der Waals surface area contributed by atoms with Gasteiger partial charge in [0.25, 0.3) is 0 Å². The minimum absolute atomic E-state index is 0. The fraction of sp³-hybridized carbons (Fsp3) is 0.0435. The van der Waals surface area contributed by atoms with Crippen molar-refractivity contribution in [2.75, 3.05) is 12.3 Å². The van der Waals surface area contributed by atoms with E-state index in [1.807, 2.05) is 6.07 Å². The van der Waals surface area contributed by atoms with Gasteiger partial charge < -0.3 is 15.2 Å². The van der Waals surface area contributed by atoms with E-state index in [0.717, 1.165) is 6.08 Å². The number of hydrogen-bond donors (Lipinski definition) is 3. The molecular weight excluding hydrogens is 499 g/mol. The van der Waals surface area contributed by atoms with E-state index < -0.39 is 21.2 Å². The van der Waals surface area contributed by atoms with Gasteiger partial charge in [-0.2, -0.15) is 9.11 Å². The smallest absolute Gasteiger partial charge is 0.733 e. The Bertz CT molecular complexity index is 1420. The van der Waals surface area contributed by atoms with Crippen LogP contribution >= 0.6 is 0 Å². The first-order valence-electron chi connectivity index (χ1n) is 9.97. The third kappa shape index (κ3) is 6.00. The molecule has 0 bridgehead atoms. The van der Waals surface area contributed by atoms with Crippen molar-refractivity contribution in [3.63, 3.8) is 0 Å². The number of ether oxygens (including phenoxy) is 1. The number of allylic oxidation sites excluding steroid dienone is 6. The fourth-order valence-electron chi connectivity index (χ4n) is 3.33. The van der Waals surface area contributed by atoms with Crippen molar-refractivity contribution in [1.29, 1.82) is 0 Å². The molecule has 2 aromatic carbocycles. The van der Waals surface area contributed by atoms with Crippen molar-refractivity contribution in [3.8, 4) is 5.75 Å². The molecule has 0 spiro atoms. The normalized spacial score (nSPS) is 16.5. The fourth-order valence-corrected chi connectivity index (χ4v) is 3.87. The van der Waals surface area contributed by atoms with Gasteiger partial charge in [-0.05, 0) is 40.1 Å². The van der Waals surface area contributed by atoms with Gasteiger partial charge in [0.05, 0.1) is 29.8 Å². The predicted molar refractivity (Wildman–Crippen MR) is 129 cm³/mol. The maximum atomic E-state index is 12.9. The summed E-state index contributed by atoms with van der Waals surface area (Å²) in [6.07, 6.45) is 5.15. The number of para-hydroxylation sites is 1. The molecule has 0 fully saturated rings. The van der Waals surface area contributed by atoms with E-state index in [1.165, 1.54) is 37.5 Å². The van der Waals surface area contributed by atoms with Crippen LogP contribution in [0.15, 0.2) is 110 Å². The number of aliphatic imine (C=N–C) groups is 1. The molecule has 0 heterocycles. The Labute approximate surface area is 228 Å². The third-order valence-electron chi connectivity index (χ3n) is 4.96. The minimum atomic E-state index is -4.36. The van der Waals surface area contributed by atoms with Gasteiger partial charge in [-0.3, -0.25) is 10.0 Å². The first-order chi connectivity index (χ1) is 16.7. The molecule has 178 valence electrons. The van der Waals surface area contributed by atoms with Crippen LogP contribution in [0.3, 0.4) is 0 Å². The molecule has 0 aromatic heterocycles. The van der Waals surface area contributed by atoms with E-state index in [-0.39, 0.29) is 68.8 Å².